The summed E-state index contributed by atoms with van der Waals surface area (Å²) in [6.07, 6.45) is 13.6. The zero-order valence-electron chi connectivity index (χ0n) is 11.9. The van der Waals surface area contributed by atoms with Gasteiger partial charge in [-0.25, -0.2) is 4.98 Å². The number of nitrogens with one attached hydrogen (secondary N) is 1. The number of aromatic nitrogens is 2. The summed E-state index contributed by atoms with van der Waals surface area (Å²) in [5, 5.41) is 3.44. The lowest BCUT2D eigenvalue weighted by molar-refractivity contribution is 0.407. The number of rotatable bonds is 7. The van der Waals surface area contributed by atoms with Crippen LogP contribution in [0.4, 0.5) is 0 Å². The summed E-state index contributed by atoms with van der Waals surface area (Å²) in [4.78, 5) is 4.55. The summed E-state index contributed by atoms with van der Waals surface area (Å²) in [6, 6.07) is 0.423. The van der Waals surface area contributed by atoms with Gasteiger partial charge in [0.15, 0.2) is 0 Å². The minimum Gasteiger partial charge on any atom is -0.334 e. The van der Waals surface area contributed by atoms with Gasteiger partial charge in [0, 0.05) is 18.9 Å². The average molecular weight is 249 g/mol. The molecule has 0 spiro atoms. The van der Waals surface area contributed by atoms with Gasteiger partial charge in [-0.15, -0.1) is 0 Å². The first-order valence-electron chi connectivity index (χ1n) is 7.53. The summed E-state index contributed by atoms with van der Waals surface area (Å²) in [6.45, 7) is 3.30. The Morgan fingerprint density at radius 3 is 2.89 bits per heavy atom. The molecule has 0 bridgehead atoms. The Morgan fingerprint density at radius 2 is 2.22 bits per heavy atom. The third-order valence-corrected chi connectivity index (χ3v) is 4.21. The fourth-order valence-corrected chi connectivity index (χ4v) is 3.16. The van der Waals surface area contributed by atoms with Crippen LogP contribution in [0.1, 0.15) is 63.7 Å². The highest BCUT2D eigenvalue weighted by molar-refractivity contribution is 4.99. The van der Waals surface area contributed by atoms with Crippen molar-refractivity contribution in [1.29, 1.82) is 0 Å². The Bertz CT molecular complexity index is 339. The Morgan fingerprint density at radius 1 is 1.44 bits per heavy atom. The SMILES string of the molecule is CCCn1ccnc1C(CCC1CCCC1)NC. The topological polar surface area (TPSA) is 29.9 Å². The average Bonchev–Trinajstić information content (AvgIpc) is 3.02. The van der Waals surface area contributed by atoms with Crippen LogP contribution in [0, 0.1) is 5.92 Å². The molecule has 3 heteroatoms. The first kappa shape index (κ1) is 13.6. The molecule has 1 aliphatic carbocycles. The summed E-state index contributed by atoms with van der Waals surface area (Å²) >= 11 is 0. The lowest BCUT2D eigenvalue weighted by Crippen LogP contribution is -2.21. The molecule has 0 aliphatic heterocycles. The molecule has 1 atom stereocenters. The molecule has 1 fully saturated rings. The van der Waals surface area contributed by atoms with E-state index < -0.39 is 0 Å². The van der Waals surface area contributed by atoms with E-state index in [0.717, 1.165) is 12.5 Å². The first-order valence-corrected chi connectivity index (χ1v) is 7.53. The van der Waals surface area contributed by atoms with Gasteiger partial charge in [-0.3, -0.25) is 0 Å². The van der Waals surface area contributed by atoms with Gasteiger partial charge in [-0.2, -0.15) is 0 Å². The van der Waals surface area contributed by atoms with E-state index in [9.17, 15) is 0 Å². The molecule has 2 rings (SSSR count). The van der Waals surface area contributed by atoms with Crippen molar-refractivity contribution in [2.24, 2.45) is 5.92 Å². The fourth-order valence-electron chi connectivity index (χ4n) is 3.16. The Labute approximate surface area is 111 Å². The van der Waals surface area contributed by atoms with Crippen molar-refractivity contribution < 1.29 is 0 Å². The van der Waals surface area contributed by atoms with Gasteiger partial charge in [0.25, 0.3) is 0 Å². The predicted octanol–water partition coefficient (Wildman–Crippen LogP) is 3.52. The van der Waals surface area contributed by atoms with Gasteiger partial charge in [0.1, 0.15) is 5.82 Å². The van der Waals surface area contributed by atoms with Gasteiger partial charge >= 0.3 is 0 Å². The third kappa shape index (κ3) is 3.35. The molecule has 18 heavy (non-hydrogen) atoms. The summed E-state index contributed by atoms with van der Waals surface area (Å²) in [5.41, 5.74) is 0. The lowest BCUT2D eigenvalue weighted by Gasteiger charge is -2.19. The van der Waals surface area contributed by atoms with Gasteiger partial charge in [0.05, 0.1) is 6.04 Å². The van der Waals surface area contributed by atoms with E-state index in [-0.39, 0.29) is 0 Å². The number of nitrogens with zero attached hydrogens (tertiary/aromatic N) is 2. The zero-order valence-corrected chi connectivity index (χ0v) is 11.9. The summed E-state index contributed by atoms with van der Waals surface area (Å²) in [7, 11) is 2.06. The monoisotopic (exact) mass is 249 g/mol. The van der Waals surface area contributed by atoms with Crippen LogP contribution < -0.4 is 5.32 Å². The second kappa shape index (κ2) is 6.93. The molecule has 1 unspecified atom stereocenters. The van der Waals surface area contributed by atoms with Gasteiger partial charge < -0.3 is 9.88 Å². The van der Waals surface area contributed by atoms with Crippen molar-refractivity contribution in [2.45, 2.75) is 64.5 Å². The Balaban J connectivity index is 1.91. The van der Waals surface area contributed by atoms with Crippen LogP contribution in [0.3, 0.4) is 0 Å². The highest BCUT2D eigenvalue weighted by atomic mass is 15.1. The third-order valence-electron chi connectivity index (χ3n) is 4.21. The van der Waals surface area contributed by atoms with Crippen LogP contribution in [-0.4, -0.2) is 16.6 Å². The largest absolute Gasteiger partial charge is 0.334 e. The van der Waals surface area contributed by atoms with E-state index in [4.69, 9.17) is 0 Å². The van der Waals surface area contributed by atoms with E-state index >= 15 is 0 Å². The van der Waals surface area contributed by atoms with E-state index in [1.54, 1.807) is 0 Å². The van der Waals surface area contributed by atoms with Crippen LogP contribution in [-0.2, 0) is 6.54 Å². The van der Waals surface area contributed by atoms with Crippen molar-refractivity contribution in [3.63, 3.8) is 0 Å². The van der Waals surface area contributed by atoms with Gasteiger partial charge in [-0.1, -0.05) is 32.6 Å². The molecule has 0 amide bonds. The molecule has 1 aromatic heterocycles. The van der Waals surface area contributed by atoms with Crippen molar-refractivity contribution in [3.8, 4) is 0 Å². The van der Waals surface area contributed by atoms with E-state index in [2.05, 4.69) is 35.0 Å². The maximum atomic E-state index is 4.55. The molecule has 1 aromatic rings. The van der Waals surface area contributed by atoms with Crippen molar-refractivity contribution in [2.75, 3.05) is 7.05 Å². The minimum absolute atomic E-state index is 0.423. The van der Waals surface area contributed by atoms with Crippen molar-refractivity contribution in [1.82, 2.24) is 14.9 Å². The quantitative estimate of drug-likeness (QED) is 0.801. The molecule has 1 heterocycles. The Hall–Kier alpha value is -0.830. The Kier molecular flexibility index (Phi) is 5.24. The van der Waals surface area contributed by atoms with Crippen LogP contribution in [0.15, 0.2) is 12.4 Å². The maximum Gasteiger partial charge on any atom is 0.125 e. The first-order chi connectivity index (χ1) is 8.85. The standard InChI is InChI=1S/C15H27N3/c1-3-11-18-12-10-17-15(18)14(16-2)9-8-13-6-4-5-7-13/h10,12-14,16H,3-9,11H2,1-2H3. The lowest BCUT2D eigenvalue weighted by atomic mass is 9.98. The predicted molar refractivity (Wildman–Crippen MR) is 75.5 cm³/mol. The molecule has 102 valence electrons. The summed E-state index contributed by atoms with van der Waals surface area (Å²) in [5.74, 6) is 2.19. The molecule has 1 N–H and O–H groups in total. The second-order valence-corrected chi connectivity index (χ2v) is 5.55. The van der Waals surface area contributed by atoms with E-state index in [1.165, 1.54) is 50.8 Å². The smallest absolute Gasteiger partial charge is 0.125 e. The van der Waals surface area contributed by atoms with Crippen molar-refractivity contribution >= 4 is 0 Å². The normalized spacial score (nSPS) is 18.3. The molecular weight excluding hydrogens is 222 g/mol. The molecule has 1 saturated carbocycles. The molecule has 0 aromatic carbocycles. The fraction of sp³-hybridized carbons (Fsp3) is 0.800. The van der Waals surface area contributed by atoms with Crippen LogP contribution >= 0.6 is 0 Å². The second-order valence-electron chi connectivity index (χ2n) is 5.55. The number of aryl methyl sites for hydroxylation is 1. The van der Waals surface area contributed by atoms with Crippen LogP contribution in [0.25, 0.3) is 0 Å². The van der Waals surface area contributed by atoms with Crippen molar-refractivity contribution in [3.05, 3.63) is 18.2 Å². The van der Waals surface area contributed by atoms with Gasteiger partial charge in [0.2, 0.25) is 0 Å². The van der Waals surface area contributed by atoms with Crippen LogP contribution in [0.5, 0.6) is 0 Å². The number of imidazole rings is 1. The maximum absolute atomic E-state index is 4.55. The highest BCUT2D eigenvalue weighted by Crippen LogP contribution is 2.31. The van der Waals surface area contributed by atoms with Crippen LogP contribution in [0.2, 0.25) is 0 Å². The molecular formula is C15H27N3. The highest BCUT2D eigenvalue weighted by Gasteiger charge is 2.19. The molecule has 3 nitrogen and oxygen atoms in total. The van der Waals surface area contributed by atoms with Gasteiger partial charge in [-0.05, 0) is 32.2 Å². The number of hydrogen-bond acceptors (Lipinski definition) is 2. The number of hydrogen-bond donors (Lipinski definition) is 1. The van der Waals surface area contributed by atoms with E-state index in [1.807, 2.05) is 6.20 Å². The summed E-state index contributed by atoms with van der Waals surface area (Å²) < 4.78 is 2.30. The molecule has 0 radical (unpaired) electrons. The molecule has 0 saturated heterocycles. The molecule has 1 aliphatic rings. The zero-order chi connectivity index (χ0) is 12.8. The minimum atomic E-state index is 0.423. The van der Waals surface area contributed by atoms with E-state index in [0.29, 0.717) is 6.04 Å².